The van der Waals surface area contributed by atoms with E-state index in [9.17, 15) is 9.59 Å². The number of nitrogens with zero attached hydrogens (tertiary/aromatic N) is 3. The number of imidazole rings is 1. The van der Waals surface area contributed by atoms with E-state index in [-0.39, 0.29) is 6.54 Å². The van der Waals surface area contributed by atoms with Gasteiger partial charge in [0.2, 0.25) is 5.75 Å². The van der Waals surface area contributed by atoms with E-state index in [1.807, 2.05) is 30.3 Å². The van der Waals surface area contributed by atoms with Gasteiger partial charge in [0.25, 0.3) is 5.56 Å². The summed E-state index contributed by atoms with van der Waals surface area (Å²) in [6.45, 7) is 1.20. The van der Waals surface area contributed by atoms with E-state index >= 15 is 0 Å². The second-order valence-electron chi connectivity index (χ2n) is 7.85. The SMILES string of the molecule is COCCCn1c(-c2cc(OC)c(OC)c(OC)c2)nc2c1c(=O)[nH]c(=O)n2Cc1ccccc1. The molecule has 1 N–H and O–H groups in total. The fourth-order valence-electron chi connectivity index (χ4n) is 4.10. The van der Waals surface area contributed by atoms with Crippen LogP contribution in [0.4, 0.5) is 0 Å². The smallest absolute Gasteiger partial charge is 0.330 e. The van der Waals surface area contributed by atoms with Crippen LogP contribution in [0.3, 0.4) is 0 Å². The van der Waals surface area contributed by atoms with Gasteiger partial charge in [-0.2, -0.15) is 0 Å². The Labute approximate surface area is 201 Å². The van der Waals surface area contributed by atoms with Crippen molar-refractivity contribution in [1.29, 1.82) is 0 Å². The Bertz CT molecular complexity index is 1410. The second-order valence-corrected chi connectivity index (χ2v) is 7.85. The maximum absolute atomic E-state index is 13.0. The predicted octanol–water partition coefficient (Wildman–Crippen LogP) is 2.66. The van der Waals surface area contributed by atoms with Gasteiger partial charge in [0.1, 0.15) is 5.82 Å². The summed E-state index contributed by atoms with van der Waals surface area (Å²) in [5.74, 6) is 1.84. The fourth-order valence-corrected chi connectivity index (χ4v) is 4.10. The molecule has 0 atom stereocenters. The molecule has 2 heterocycles. The number of aromatic amines is 1. The molecule has 35 heavy (non-hydrogen) atoms. The summed E-state index contributed by atoms with van der Waals surface area (Å²) in [6.07, 6.45) is 0.636. The van der Waals surface area contributed by atoms with E-state index in [1.54, 1.807) is 23.8 Å². The Kier molecular flexibility index (Phi) is 7.21. The number of fused-ring (bicyclic) bond motifs is 1. The molecule has 0 spiro atoms. The van der Waals surface area contributed by atoms with Gasteiger partial charge in [-0.05, 0) is 24.1 Å². The van der Waals surface area contributed by atoms with Crippen molar-refractivity contribution < 1.29 is 18.9 Å². The zero-order valence-corrected chi connectivity index (χ0v) is 20.2. The zero-order chi connectivity index (χ0) is 24.9. The van der Waals surface area contributed by atoms with Crippen molar-refractivity contribution in [2.75, 3.05) is 35.0 Å². The molecule has 10 nitrogen and oxygen atoms in total. The molecule has 4 rings (SSSR count). The molecule has 2 aromatic carbocycles. The lowest BCUT2D eigenvalue weighted by Gasteiger charge is -2.15. The lowest BCUT2D eigenvalue weighted by atomic mass is 10.1. The van der Waals surface area contributed by atoms with Gasteiger partial charge >= 0.3 is 5.69 Å². The van der Waals surface area contributed by atoms with Gasteiger partial charge in [0.05, 0.1) is 27.9 Å². The van der Waals surface area contributed by atoms with E-state index in [1.165, 1.54) is 25.9 Å². The van der Waals surface area contributed by atoms with Crippen LogP contribution in [0.1, 0.15) is 12.0 Å². The monoisotopic (exact) mass is 480 g/mol. The third-order valence-corrected chi connectivity index (χ3v) is 5.72. The molecule has 184 valence electrons. The Morgan fingerprint density at radius 3 is 2.20 bits per heavy atom. The van der Waals surface area contributed by atoms with Crippen molar-refractivity contribution in [2.45, 2.75) is 19.5 Å². The zero-order valence-electron chi connectivity index (χ0n) is 20.2. The third kappa shape index (κ3) is 4.65. The number of aromatic nitrogens is 4. The highest BCUT2D eigenvalue weighted by atomic mass is 16.5. The molecule has 0 aliphatic carbocycles. The van der Waals surface area contributed by atoms with Gasteiger partial charge in [-0.3, -0.25) is 14.3 Å². The quantitative estimate of drug-likeness (QED) is 0.348. The van der Waals surface area contributed by atoms with Crippen molar-refractivity contribution in [2.24, 2.45) is 0 Å². The molecule has 10 heteroatoms. The van der Waals surface area contributed by atoms with Crippen molar-refractivity contribution in [1.82, 2.24) is 19.1 Å². The molecule has 2 aromatic heterocycles. The first kappa shape index (κ1) is 24.1. The highest BCUT2D eigenvalue weighted by Gasteiger charge is 2.22. The van der Waals surface area contributed by atoms with Crippen molar-refractivity contribution in [3.63, 3.8) is 0 Å². The molecule has 0 fully saturated rings. The molecule has 0 aliphatic heterocycles. The minimum Gasteiger partial charge on any atom is -0.493 e. The summed E-state index contributed by atoms with van der Waals surface area (Å²) in [7, 11) is 6.22. The van der Waals surface area contributed by atoms with Crippen molar-refractivity contribution in [3.05, 3.63) is 68.9 Å². The maximum Gasteiger partial charge on any atom is 0.330 e. The van der Waals surface area contributed by atoms with Crippen LogP contribution in [0.2, 0.25) is 0 Å². The van der Waals surface area contributed by atoms with Gasteiger partial charge in [0, 0.05) is 25.8 Å². The van der Waals surface area contributed by atoms with Crippen LogP contribution in [0.15, 0.2) is 52.1 Å². The van der Waals surface area contributed by atoms with Crippen LogP contribution in [0.5, 0.6) is 17.2 Å². The Hall–Kier alpha value is -4.05. The number of nitrogens with one attached hydrogen (secondary N) is 1. The standard InChI is InChI=1S/C25H28N4O6/c1-32-12-8-11-28-20-23(29(25(31)27-24(20)30)15-16-9-6-5-7-10-16)26-22(28)17-13-18(33-2)21(35-4)19(14-17)34-3/h5-7,9-10,13-14H,8,11-12,15H2,1-4H3,(H,27,30,31). The molecule has 0 radical (unpaired) electrons. The number of hydrogen-bond donors (Lipinski definition) is 1. The predicted molar refractivity (Wildman–Crippen MR) is 132 cm³/mol. The second kappa shape index (κ2) is 10.5. The van der Waals surface area contributed by atoms with Crippen LogP contribution in [0, 0.1) is 0 Å². The number of H-pyrrole nitrogens is 1. The lowest BCUT2D eigenvalue weighted by Crippen LogP contribution is -2.31. The van der Waals surface area contributed by atoms with Crippen LogP contribution in [0.25, 0.3) is 22.6 Å². The van der Waals surface area contributed by atoms with E-state index in [0.717, 1.165) is 5.56 Å². The number of hydrogen-bond acceptors (Lipinski definition) is 7. The van der Waals surface area contributed by atoms with Crippen LogP contribution in [-0.2, 0) is 17.8 Å². The van der Waals surface area contributed by atoms with Crippen LogP contribution in [-0.4, -0.2) is 54.1 Å². The Balaban J connectivity index is 1.99. The number of methoxy groups -OCH3 is 4. The molecular weight excluding hydrogens is 452 g/mol. The summed E-state index contributed by atoms with van der Waals surface area (Å²) in [6, 6.07) is 13.1. The van der Waals surface area contributed by atoms with E-state index in [2.05, 4.69) is 4.98 Å². The summed E-state index contributed by atoms with van der Waals surface area (Å²) in [5, 5.41) is 0. The number of ether oxygens (including phenoxy) is 4. The third-order valence-electron chi connectivity index (χ3n) is 5.72. The van der Waals surface area contributed by atoms with E-state index in [0.29, 0.717) is 59.4 Å². The first-order chi connectivity index (χ1) is 17.0. The minimum absolute atomic E-state index is 0.261. The molecule has 4 aromatic rings. The topological polar surface area (TPSA) is 110 Å². The molecule has 0 amide bonds. The molecular formula is C25H28N4O6. The Morgan fingerprint density at radius 1 is 0.914 bits per heavy atom. The summed E-state index contributed by atoms with van der Waals surface area (Å²) < 4.78 is 25.0. The molecule has 0 saturated heterocycles. The maximum atomic E-state index is 13.0. The first-order valence-electron chi connectivity index (χ1n) is 11.1. The molecule has 0 unspecified atom stereocenters. The van der Waals surface area contributed by atoms with Crippen molar-refractivity contribution in [3.8, 4) is 28.6 Å². The lowest BCUT2D eigenvalue weighted by molar-refractivity contribution is 0.191. The molecule has 0 bridgehead atoms. The summed E-state index contributed by atoms with van der Waals surface area (Å²) >= 11 is 0. The highest BCUT2D eigenvalue weighted by Crippen LogP contribution is 2.41. The molecule has 0 aliphatic rings. The fraction of sp³-hybridized carbons (Fsp3) is 0.320. The minimum atomic E-state index is -0.524. The number of benzene rings is 2. The van der Waals surface area contributed by atoms with Gasteiger partial charge in [0.15, 0.2) is 22.7 Å². The average molecular weight is 481 g/mol. The van der Waals surface area contributed by atoms with Gasteiger partial charge in [-0.25, -0.2) is 9.78 Å². The van der Waals surface area contributed by atoms with E-state index < -0.39 is 11.2 Å². The van der Waals surface area contributed by atoms with Gasteiger partial charge in [-0.15, -0.1) is 0 Å². The van der Waals surface area contributed by atoms with Crippen molar-refractivity contribution >= 4 is 11.2 Å². The highest BCUT2D eigenvalue weighted by molar-refractivity contribution is 5.78. The summed E-state index contributed by atoms with van der Waals surface area (Å²) in [5.41, 5.74) is 1.13. The van der Waals surface area contributed by atoms with Gasteiger partial charge in [-0.1, -0.05) is 30.3 Å². The largest absolute Gasteiger partial charge is 0.493 e. The first-order valence-corrected chi connectivity index (χ1v) is 11.1. The van der Waals surface area contributed by atoms with E-state index in [4.69, 9.17) is 23.9 Å². The Morgan fingerprint density at radius 2 is 1.60 bits per heavy atom. The number of rotatable bonds is 10. The van der Waals surface area contributed by atoms with Gasteiger partial charge < -0.3 is 23.5 Å². The average Bonchev–Trinajstić information content (AvgIpc) is 3.26. The van der Waals surface area contributed by atoms with Crippen LogP contribution >= 0.6 is 0 Å². The molecule has 0 saturated carbocycles. The number of aryl methyl sites for hydroxylation is 1. The van der Waals surface area contributed by atoms with Crippen LogP contribution < -0.4 is 25.5 Å². The normalized spacial score (nSPS) is 11.1. The summed E-state index contributed by atoms with van der Waals surface area (Å²) in [4.78, 5) is 33.1.